The third-order valence-electron chi connectivity index (χ3n) is 5.15. The minimum Gasteiger partial charge on any atom is -0.486 e. The topological polar surface area (TPSA) is 68.4 Å². The van der Waals surface area contributed by atoms with E-state index < -0.39 is 0 Å². The Morgan fingerprint density at radius 3 is 2.92 bits per heavy atom. The number of fused-ring (bicyclic) bond motifs is 4. The fourth-order valence-electron chi connectivity index (χ4n) is 3.80. The van der Waals surface area contributed by atoms with Crippen LogP contribution in [0.3, 0.4) is 0 Å². The summed E-state index contributed by atoms with van der Waals surface area (Å²) in [5, 5.41) is 4.54. The van der Waals surface area contributed by atoms with Gasteiger partial charge in [-0.2, -0.15) is 0 Å². The van der Waals surface area contributed by atoms with Gasteiger partial charge in [0.1, 0.15) is 24.7 Å². The molecule has 26 heavy (non-hydrogen) atoms. The van der Waals surface area contributed by atoms with Gasteiger partial charge >= 0.3 is 0 Å². The monoisotopic (exact) mass is 351 g/mol. The Morgan fingerprint density at radius 1 is 1.15 bits per heavy atom. The molecule has 2 N–H and O–H groups in total. The van der Waals surface area contributed by atoms with Crippen molar-refractivity contribution >= 4 is 22.5 Å². The number of H-pyrrole nitrogens is 1. The molecule has 0 bridgehead atoms. The van der Waals surface area contributed by atoms with E-state index in [0.29, 0.717) is 19.3 Å². The predicted octanol–water partition coefficient (Wildman–Crippen LogP) is 3.58. The molecule has 1 aliphatic carbocycles. The molecule has 3 heterocycles. The first-order valence-electron chi connectivity index (χ1n) is 9.00. The van der Waals surface area contributed by atoms with Crippen molar-refractivity contribution in [3.05, 3.63) is 41.6 Å². The van der Waals surface area contributed by atoms with E-state index in [2.05, 4.69) is 16.4 Å². The highest BCUT2D eigenvalue weighted by Crippen LogP contribution is 2.34. The minimum atomic E-state index is 0.303. The smallest absolute Gasteiger partial charge is 0.163 e. The molecule has 6 nitrogen and oxygen atoms in total. The maximum Gasteiger partial charge on any atom is 0.163 e. The second-order valence-corrected chi connectivity index (χ2v) is 6.76. The Hall–Kier alpha value is -2.73. The van der Waals surface area contributed by atoms with Crippen LogP contribution in [0.25, 0.3) is 11.0 Å². The third kappa shape index (κ3) is 2.66. The van der Waals surface area contributed by atoms with E-state index in [1.54, 1.807) is 7.11 Å². The maximum atomic E-state index is 5.64. The molecule has 0 amide bonds. The third-order valence-corrected chi connectivity index (χ3v) is 5.15. The van der Waals surface area contributed by atoms with Gasteiger partial charge in [-0.1, -0.05) is 0 Å². The molecular weight excluding hydrogens is 330 g/mol. The van der Waals surface area contributed by atoms with E-state index >= 15 is 0 Å². The molecule has 0 spiro atoms. The zero-order valence-corrected chi connectivity index (χ0v) is 14.7. The van der Waals surface area contributed by atoms with Crippen LogP contribution in [0.1, 0.15) is 17.7 Å². The van der Waals surface area contributed by atoms with E-state index in [4.69, 9.17) is 19.2 Å². The van der Waals surface area contributed by atoms with E-state index in [0.717, 1.165) is 47.9 Å². The summed E-state index contributed by atoms with van der Waals surface area (Å²) in [5.74, 6) is 2.36. The largest absolute Gasteiger partial charge is 0.486 e. The fraction of sp³-hybridized carbons (Fsp3) is 0.350. The zero-order valence-electron chi connectivity index (χ0n) is 14.7. The summed E-state index contributed by atoms with van der Waals surface area (Å²) >= 11 is 0. The quantitative estimate of drug-likeness (QED) is 0.755. The molecule has 1 atom stereocenters. The maximum absolute atomic E-state index is 5.64. The SMILES string of the molecule is COC1CCc2[nH]c3nc(Nc4ccc5c(c4)OCCO5)ccc3c2C1. The normalized spacial score (nSPS) is 18.6. The van der Waals surface area contributed by atoms with E-state index in [1.807, 2.05) is 24.3 Å². The number of pyridine rings is 1. The number of anilines is 2. The number of nitrogens with zero attached hydrogens (tertiary/aromatic N) is 1. The zero-order chi connectivity index (χ0) is 17.5. The fourth-order valence-corrected chi connectivity index (χ4v) is 3.80. The highest BCUT2D eigenvalue weighted by molar-refractivity contribution is 5.83. The number of aryl methyl sites for hydroxylation is 1. The van der Waals surface area contributed by atoms with Crippen molar-refractivity contribution in [1.29, 1.82) is 0 Å². The first kappa shape index (κ1) is 15.5. The Morgan fingerprint density at radius 2 is 2.04 bits per heavy atom. The lowest BCUT2D eigenvalue weighted by atomic mass is 9.93. The van der Waals surface area contributed by atoms with Crippen molar-refractivity contribution in [2.24, 2.45) is 0 Å². The second-order valence-electron chi connectivity index (χ2n) is 6.76. The molecule has 6 heteroatoms. The Kier molecular flexibility index (Phi) is 3.71. The molecule has 5 rings (SSSR count). The molecule has 2 aliphatic rings. The number of rotatable bonds is 3. The van der Waals surface area contributed by atoms with Crippen LogP contribution in [0, 0.1) is 0 Å². The molecule has 134 valence electrons. The molecule has 1 aliphatic heterocycles. The number of methoxy groups -OCH3 is 1. The molecule has 1 aromatic carbocycles. The van der Waals surface area contributed by atoms with Crippen LogP contribution in [0.4, 0.5) is 11.5 Å². The number of hydrogen-bond acceptors (Lipinski definition) is 5. The molecule has 0 saturated carbocycles. The number of aromatic nitrogens is 2. The van der Waals surface area contributed by atoms with Gasteiger partial charge in [0.2, 0.25) is 0 Å². The number of benzene rings is 1. The number of ether oxygens (including phenoxy) is 3. The first-order chi connectivity index (χ1) is 12.8. The van der Waals surface area contributed by atoms with Crippen molar-refractivity contribution in [3.8, 4) is 11.5 Å². The summed E-state index contributed by atoms with van der Waals surface area (Å²) in [7, 11) is 1.79. The van der Waals surface area contributed by atoms with E-state index in [1.165, 1.54) is 16.6 Å². The summed E-state index contributed by atoms with van der Waals surface area (Å²) in [6.07, 6.45) is 3.31. The Bertz CT molecular complexity index is 966. The molecule has 0 saturated heterocycles. The van der Waals surface area contributed by atoms with Crippen molar-refractivity contribution in [3.63, 3.8) is 0 Å². The van der Waals surface area contributed by atoms with Gasteiger partial charge in [-0.25, -0.2) is 4.98 Å². The van der Waals surface area contributed by atoms with Crippen LogP contribution in [0.15, 0.2) is 30.3 Å². The highest BCUT2D eigenvalue weighted by Gasteiger charge is 2.22. The predicted molar refractivity (Wildman–Crippen MR) is 99.6 cm³/mol. The van der Waals surface area contributed by atoms with Crippen molar-refractivity contribution < 1.29 is 14.2 Å². The van der Waals surface area contributed by atoms with Gasteiger partial charge in [0, 0.05) is 36.4 Å². The van der Waals surface area contributed by atoms with Crippen LogP contribution in [0.2, 0.25) is 0 Å². The van der Waals surface area contributed by atoms with Gasteiger partial charge in [0.05, 0.1) is 6.10 Å². The Balaban J connectivity index is 1.43. The van der Waals surface area contributed by atoms with Crippen LogP contribution >= 0.6 is 0 Å². The summed E-state index contributed by atoms with van der Waals surface area (Å²) < 4.78 is 16.8. The lowest BCUT2D eigenvalue weighted by Crippen LogP contribution is -2.20. The average Bonchev–Trinajstić information content (AvgIpc) is 3.04. The van der Waals surface area contributed by atoms with Crippen molar-refractivity contribution in [2.45, 2.75) is 25.4 Å². The van der Waals surface area contributed by atoms with Gasteiger partial charge in [-0.15, -0.1) is 0 Å². The first-order valence-corrected chi connectivity index (χ1v) is 9.00. The molecule has 0 radical (unpaired) electrons. The van der Waals surface area contributed by atoms with Crippen molar-refractivity contribution in [2.75, 3.05) is 25.6 Å². The molecule has 2 aromatic heterocycles. The van der Waals surface area contributed by atoms with Gasteiger partial charge < -0.3 is 24.5 Å². The van der Waals surface area contributed by atoms with Crippen molar-refractivity contribution in [1.82, 2.24) is 9.97 Å². The van der Waals surface area contributed by atoms with Gasteiger partial charge in [0.25, 0.3) is 0 Å². The standard InChI is InChI=1S/C20H21N3O3/c1-24-13-3-5-16-15(11-13)14-4-7-19(23-20(14)22-16)21-12-2-6-17-18(10-12)26-9-8-25-17/h2,4,6-7,10,13H,3,5,8-9,11H2,1H3,(H2,21,22,23). The summed E-state index contributed by atoms with van der Waals surface area (Å²) in [6, 6.07) is 10.00. The van der Waals surface area contributed by atoms with Crippen LogP contribution < -0.4 is 14.8 Å². The second kappa shape index (κ2) is 6.21. The van der Waals surface area contributed by atoms with Gasteiger partial charge in [-0.3, -0.25) is 0 Å². The average molecular weight is 351 g/mol. The lowest BCUT2D eigenvalue weighted by molar-refractivity contribution is 0.0911. The number of hydrogen-bond donors (Lipinski definition) is 2. The summed E-state index contributed by atoms with van der Waals surface area (Å²) in [5.41, 5.74) is 4.49. The van der Waals surface area contributed by atoms with Gasteiger partial charge in [-0.05, 0) is 42.7 Å². The van der Waals surface area contributed by atoms with E-state index in [-0.39, 0.29) is 0 Å². The van der Waals surface area contributed by atoms with E-state index in [9.17, 15) is 0 Å². The van der Waals surface area contributed by atoms with Crippen LogP contribution in [-0.4, -0.2) is 36.4 Å². The van der Waals surface area contributed by atoms with Crippen LogP contribution in [0.5, 0.6) is 11.5 Å². The lowest BCUT2D eigenvalue weighted by Gasteiger charge is -2.20. The number of aromatic amines is 1. The van der Waals surface area contributed by atoms with Crippen LogP contribution in [-0.2, 0) is 17.6 Å². The molecule has 1 unspecified atom stereocenters. The Labute approximate surface area is 151 Å². The summed E-state index contributed by atoms with van der Waals surface area (Å²) in [4.78, 5) is 8.24. The molecule has 0 fully saturated rings. The number of nitrogens with one attached hydrogen (secondary N) is 2. The highest BCUT2D eigenvalue weighted by atomic mass is 16.6. The molecule has 3 aromatic rings. The minimum absolute atomic E-state index is 0.303. The van der Waals surface area contributed by atoms with Gasteiger partial charge in [0.15, 0.2) is 11.5 Å². The summed E-state index contributed by atoms with van der Waals surface area (Å²) in [6.45, 7) is 1.18. The molecular formula is C20H21N3O3.